The zero-order chi connectivity index (χ0) is 20.9. The van der Waals surface area contributed by atoms with E-state index in [9.17, 15) is 9.59 Å². The Morgan fingerprint density at radius 2 is 1.80 bits per heavy atom. The SMILES string of the molecule is Cc1cccc2sc(N(Cc3ccccc3)C(=O)COC(=O)c3ccccn3)nc12. The second-order valence-corrected chi connectivity index (χ2v) is 7.68. The Labute approximate surface area is 177 Å². The lowest BCUT2D eigenvalue weighted by molar-refractivity contribution is -0.121. The second kappa shape index (κ2) is 8.84. The molecule has 0 saturated carbocycles. The Hall–Kier alpha value is -3.58. The van der Waals surface area contributed by atoms with Crippen molar-refractivity contribution in [3.8, 4) is 0 Å². The molecule has 2 heterocycles. The van der Waals surface area contributed by atoms with Crippen LogP contribution in [-0.4, -0.2) is 28.5 Å². The molecule has 0 aliphatic heterocycles. The van der Waals surface area contributed by atoms with Crippen molar-refractivity contribution < 1.29 is 14.3 Å². The van der Waals surface area contributed by atoms with Gasteiger partial charge in [-0.05, 0) is 36.2 Å². The van der Waals surface area contributed by atoms with Gasteiger partial charge in [0.1, 0.15) is 5.69 Å². The Kier molecular flexibility index (Phi) is 5.81. The Bertz CT molecular complexity index is 1180. The summed E-state index contributed by atoms with van der Waals surface area (Å²) >= 11 is 1.44. The molecule has 0 aliphatic carbocycles. The quantitative estimate of drug-likeness (QED) is 0.435. The lowest BCUT2D eigenvalue weighted by Gasteiger charge is -2.20. The van der Waals surface area contributed by atoms with E-state index >= 15 is 0 Å². The van der Waals surface area contributed by atoms with Crippen molar-refractivity contribution in [1.82, 2.24) is 9.97 Å². The highest BCUT2D eigenvalue weighted by Gasteiger charge is 2.22. The van der Waals surface area contributed by atoms with Crippen LogP contribution < -0.4 is 4.90 Å². The van der Waals surface area contributed by atoms with Crippen LogP contribution in [0.4, 0.5) is 5.13 Å². The number of aryl methyl sites for hydroxylation is 1. The molecule has 0 unspecified atom stereocenters. The van der Waals surface area contributed by atoms with E-state index in [1.54, 1.807) is 23.1 Å². The van der Waals surface area contributed by atoms with Crippen molar-refractivity contribution in [2.75, 3.05) is 11.5 Å². The number of para-hydroxylation sites is 1. The summed E-state index contributed by atoms with van der Waals surface area (Å²) in [5.74, 6) is -0.983. The van der Waals surface area contributed by atoms with E-state index in [4.69, 9.17) is 4.74 Å². The highest BCUT2D eigenvalue weighted by atomic mass is 32.1. The molecule has 6 nitrogen and oxygen atoms in total. The van der Waals surface area contributed by atoms with Gasteiger partial charge in [-0.15, -0.1) is 0 Å². The second-order valence-electron chi connectivity index (χ2n) is 6.67. The van der Waals surface area contributed by atoms with Crippen LogP contribution in [0, 0.1) is 6.92 Å². The largest absolute Gasteiger partial charge is 0.451 e. The number of amides is 1. The minimum Gasteiger partial charge on any atom is -0.451 e. The number of fused-ring (bicyclic) bond motifs is 1. The van der Waals surface area contributed by atoms with Gasteiger partial charge >= 0.3 is 5.97 Å². The monoisotopic (exact) mass is 417 g/mol. The molecule has 7 heteroatoms. The molecule has 0 saturated heterocycles. The summed E-state index contributed by atoms with van der Waals surface area (Å²) in [6.45, 7) is 1.93. The number of hydrogen-bond acceptors (Lipinski definition) is 6. The molecular weight excluding hydrogens is 398 g/mol. The fourth-order valence-electron chi connectivity index (χ4n) is 2.98. The summed E-state index contributed by atoms with van der Waals surface area (Å²) in [5, 5.41) is 0.571. The molecule has 2 aromatic carbocycles. The summed E-state index contributed by atoms with van der Waals surface area (Å²) in [7, 11) is 0. The van der Waals surface area contributed by atoms with E-state index in [2.05, 4.69) is 9.97 Å². The van der Waals surface area contributed by atoms with Crippen LogP contribution in [-0.2, 0) is 16.1 Å². The number of carbonyl (C=O) groups is 2. The lowest BCUT2D eigenvalue weighted by Crippen LogP contribution is -2.34. The van der Waals surface area contributed by atoms with E-state index < -0.39 is 12.6 Å². The maximum absolute atomic E-state index is 13.0. The molecular formula is C23H19N3O3S. The van der Waals surface area contributed by atoms with Gasteiger partial charge < -0.3 is 4.74 Å². The molecule has 0 radical (unpaired) electrons. The molecule has 150 valence electrons. The molecule has 0 atom stereocenters. The minimum atomic E-state index is -0.635. The highest BCUT2D eigenvalue weighted by Crippen LogP contribution is 2.31. The summed E-state index contributed by atoms with van der Waals surface area (Å²) in [4.78, 5) is 35.4. The van der Waals surface area contributed by atoms with Crippen LogP contribution in [0.2, 0.25) is 0 Å². The first-order valence-electron chi connectivity index (χ1n) is 9.40. The van der Waals surface area contributed by atoms with Gasteiger partial charge in [0.05, 0.1) is 16.8 Å². The predicted octanol–water partition coefficient (Wildman–Crippen LogP) is 4.39. The van der Waals surface area contributed by atoms with Crippen LogP contribution in [0.25, 0.3) is 10.2 Å². The van der Waals surface area contributed by atoms with Gasteiger partial charge in [-0.3, -0.25) is 9.69 Å². The van der Waals surface area contributed by atoms with E-state index in [1.807, 2.05) is 55.5 Å². The third-order valence-electron chi connectivity index (χ3n) is 4.53. The number of benzene rings is 2. The first-order chi connectivity index (χ1) is 14.6. The van der Waals surface area contributed by atoms with Crippen molar-refractivity contribution >= 4 is 38.6 Å². The van der Waals surface area contributed by atoms with Crippen LogP contribution in [0.1, 0.15) is 21.6 Å². The third kappa shape index (κ3) is 4.36. The third-order valence-corrected chi connectivity index (χ3v) is 5.57. The van der Waals surface area contributed by atoms with Gasteiger partial charge in [-0.1, -0.05) is 59.9 Å². The van der Waals surface area contributed by atoms with E-state index in [0.717, 1.165) is 21.3 Å². The van der Waals surface area contributed by atoms with E-state index in [1.165, 1.54) is 17.5 Å². The maximum atomic E-state index is 13.0. The number of pyridine rings is 1. The molecule has 1 amide bonds. The van der Waals surface area contributed by atoms with Gasteiger partial charge in [0.25, 0.3) is 5.91 Å². The Morgan fingerprint density at radius 3 is 2.53 bits per heavy atom. The van der Waals surface area contributed by atoms with Crippen molar-refractivity contribution in [1.29, 1.82) is 0 Å². The number of rotatable bonds is 6. The number of aromatic nitrogens is 2. The zero-order valence-corrected chi connectivity index (χ0v) is 17.1. The fourth-order valence-corrected chi connectivity index (χ4v) is 4.04. The normalized spacial score (nSPS) is 10.7. The molecule has 4 rings (SSSR count). The van der Waals surface area contributed by atoms with Crippen LogP contribution in [0.15, 0.2) is 72.9 Å². The van der Waals surface area contributed by atoms with Gasteiger partial charge in [0, 0.05) is 6.20 Å². The predicted molar refractivity (Wildman–Crippen MR) is 117 cm³/mol. The number of hydrogen-bond donors (Lipinski definition) is 0. The van der Waals surface area contributed by atoms with Gasteiger partial charge in [-0.25, -0.2) is 14.8 Å². The minimum absolute atomic E-state index is 0.163. The number of anilines is 1. The molecule has 0 bridgehead atoms. The van der Waals surface area contributed by atoms with Crippen molar-refractivity contribution in [3.05, 3.63) is 89.7 Å². The zero-order valence-electron chi connectivity index (χ0n) is 16.3. The smallest absolute Gasteiger partial charge is 0.357 e. The Balaban J connectivity index is 1.58. The summed E-state index contributed by atoms with van der Waals surface area (Å²) in [5.41, 5.74) is 3.03. The number of ether oxygens (including phenoxy) is 1. The summed E-state index contributed by atoms with van der Waals surface area (Å²) in [6, 6.07) is 20.5. The van der Waals surface area contributed by atoms with E-state index in [-0.39, 0.29) is 11.6 Å². The fraction of sp³-hybridized carbons (Fsp3) is 0.130. The molecule has 0 spiro atoms. The van der Waals surface area contributed by atoms with Crippen molar-refractivity contribution in [3.63, 3.8) is 0 Å². The van der Waals surface area contributed by atoms with Crippen molar-refractivity contribution in [2.45, 2.75) is 13.5 Å². The number of esters is 1. The molecule has 4 aromatic rings. The number of carbonyl (C=O) groups excluding carboxylic acids is 2. The van der Waals surface area contributed by atoms with E-state index in [0.29, 0.717) is 11.7 Å². The molecule has 0 aliphatic rings. The summed E-state index contributed by atoms with van der Waals surface area (Å²) in [6.07, 6.45) is 1.50. The molecule has 30 heavy (non-hydrogen) atoms. The lowest BCUT2D eigenvalue weighted by atomic mass is 10.2. The first kappa shape index (κ1) is 19.7. The van der Waals surface area contributed by atoms with Crippen LogP contribution >= 0.6 is 11.3 Å². The van der Waals surface area contributed by atoms with Crippen LogP contribution in [0.3, 0.4) is 0 Å². The average Bonchev–Trinajstić information content (AvgIpc) is 3.22. The summed E-state index contributed by atoms with van der Waals surface area (Å²) < 4.78 is 6.21. The molecule has 2 aromatic heterocycles. The van der Waals surface area contributed by atoms with Crippen LogP contribution in [0.5, 0.6) is 0 Å². The number of nitrogens with zero attached hydrogens (tertiary/aromatic N) is 3. The maximum Gasteiger partial charge on any atom is 0.357 e. The first-order valence-corrected chi connectivity index (χ1v) is 10.2. The van der Waals surface area contributed by atoms with Gasteiger partial charge in [0.2, 0.25) is 0 Å². The highest BCUT2D eigenvalue weighted by molar-refractivity contribution is 7.22. The molecule has 0 N–H and O–H groups in total. The van der Waals surface area contributed by atoms with Gasteiger partial charge in [-0.2, -0.15) is 0 Å². The molecule has 0 fully saturated rings. The van der Waals surface area contributed by atoms with Gasteiger partial charge in [0.15, 0.2) is 11.7 Å². The number of thiazole rings is 1. The van der Waals surface area contributed by atoms with Crippen molar-refractivity contribution in [2.24, 2.45) is 0 Å². The topological polar surface area (TPSA) is 72.4 Å². The average molecular weight is 417 g/mol. The standard InChI is InChI=1S/C23H19N3O3S/c1-16-8-7-12-19-21(16)25-23(30-19)26(14-17-9-3-2-4-10-17)20(27)15-29-22(28)18-11-5-6-13-24-18/h2-13H,14-15H2,1H3. The Morgan fingerprint density at radius 1 is 1.00 bits per heavy atom.